The summed E-state index contributed by atoms with van der Waals surface area (Å²) in [6.45, 7) is 5.32. The fourth-order valence-electron chi connectivity index (χ4n) is 2.48. The lowest BCUT2D eigenvalue weighted by Gasteiger charge is -2.32. The molecule has 1 aromatic carbocycles. The number of hydrogen-bond acceptors (Lipinski definition) is 2. The average molecular weight is 330 g/mol. The predicted octanol–water partition coefficient (Wildman–Crippen LogP) is 3.64. The highest BCUT2D eigenvalue weighted by Crippen LogP contribution is 2.19. The zero-order valence-corrected chi connectivity index (χ0v) is 13.7. The Kier molecular flexibility index (Phi) is 6.21. The molecule has 0 spiro atoms. The normalized spacial score (nSPS) is 17.3. The van der Waals surface area contributed by atoms with E-state index in [2.05, 4.69) is 22.5 Å². The van der Waals surface area contributed by atoms with E-state index in [0.717, 1.165) is 19.6 Å². The molecule has 2 rings (SSSR count). The van der Waals surface area contributed by atoms with Crippen LogP contribution in [0.2, 0.25) is 5.02 Å². The van der Waals surface area contributed by atoms with Crippen LogP contribution in [0.15, 0.2) is 18.2 Å². The summed E-state index contributed by atoms with van der Waals surface area (Å²) in [6.07, 6.45) is 3.89. The SMILES string of the molecule is CC(CNC(=S)Nc1ccc(F)c(Cl)c1)N1CCCCC1. The zero-order chi connectivity index (χ0) is 15.2. The Morgan fingerprint density at radius 1 is 1.38 bits per heavy atom. The molecule has 0 radical (unpaired) electrons. The van der Waals surface area contributed by atoms with Gasteiger partial charge in [-0.15, -0.1) is 0 Å². The highest BCUT2D eigenvalue weighted by molar-refractivity contribution is 7.80. The van der Waals surface area contributed by atoms with Crippen molar-refractivity contribution in [1.29, 1.82) is 0 Å². The maximum absolute atomic E-state index is 13.1. The third-order valence-corrected chi connectivity index (χ3v) is 4.29. The number of nitrogens with zero attached hydrogens (tertiary/aromatic N) is 1. The first-order valence-corrected chi connectivity index (χ1v) is 8.09. The zero-order valence-electron chi connectivity index (χ0n) is 12.2. The molecule has 1 saturated heterocycles. The molecule has 21 heavy (non-hydrogen) atoms. The fraction of sp³-hybridized carbons (Fsp3) is 0.533. The van der Waals surface area contributed by atoms with Gasteiger partial charge in [-0.05, 0) is 63.3 Å². The molecule has 1 atom stereocenters. The van der Waals surface area contributed by atoms with Gasteiger partial charge in [0.25, 0.3) is 0 Å². The van der Waals surface area contributed by atoms with E-state index in [1.807, 2.05) is 0 Å². The lowest BCUT2D eigenvalue weighted by atomic mass is 10.1. The predicted molar refractivity (Wildman–Crippen MR) is 90.5 cm³/mol. The molecular formula is C15H21ClFN3S. The number of thiocarbonyl (C=S) groups is 1. The smallest absolute Gasteiger partial charge is 0.170 e. The van der Waals surface area contributed by atoms with Crippen molar-refractivity contribution >= 4 is 34.6 Å². The van der Waals surface area contributed by atoms with Crippen LogP contribution in [0.25, 0.3) is 0 Å². The van der Waals surface area contributed by atoms with Crippen molar-refractivity contribution in [3.8, 4) is 0 Å². The maximum Gasteiger partial charge on any atom is 0.170 e. The first-order valence-electron chi connectivity index (χ1n) is 7.30. The summed E-state index contributed by atoms with van der Waals surface area (Å²) in [5, 5.41) is 6.84. The van der Waals surface area contributed by atoms with Crippen LogP contribution in [0.3, 0.4) is 0 Å². The second kappa shape index (κ2) is 7.92. The number of piperidine rings is 1. The first-order chi connectivity index (χ1) is 10.1. The topological polar surface area (TPSA) is 27.3 Å². The molecule has 1 heterocycles. The number of anilines is 1. The van der Waals surface area contributed by atoms with Crippen molar-refractivity contribution in [3.63, 3.8) is 0 Å². The molecule has 1 fully saturated rings. The van der Waals surface area contributed by atoms with E-state index in [4.69, 9.17) is 23.8 Å². The molecule has 116 valence electrons. The van der Waals surface area contributed by atoms with Crippen molar-refractivity contribution in [1.82, 2.24) is 10.2 Å². The first kappa shape index (κ1) is 16.5. The molecule has 0 amide bonds. The molecule has 1 unspecified atom stereocenters. The molecule has 1 aliphatic rings. The van der Waals surface area contributed by atoms with Gasteiger partial charge < -0.3 is 10.6 Å². The Morgan fingerprint density at radius 2 is 2.10 bits per heavy atom. The van der Waals surface area contributed by atoms with E-state index in [1.165, 1.54) is 31.4 Å². The molecule has 0 aliphatic carbocycles. The summed E-state index contributed by atoms with van der Waals surface area (Å²) in [5.41, 5.74) is 0.685. The van der Waals surface area contributed by atoms with Gasteiger partial charge in [-0.1, -0.05) is 18.0 Å². The van der Waals surface area contributed by atoms with Crippen molar-refractivity contribution in [2.24, 2.45) is 0 Å². The standard InChI is InChI=1S/C15H21ClFN3S/c1-11(20-7-3-2-4-8-20)10-18-15(21)19-12-5-6-14(17)13(16)9-12/h5-6,9,11H,2-4,7-8,10H2,1H3,(H2,18,19,21). The van der Waals surface area contributed by atoms with E-state index in [0.29, 0.717) is 16.8 Å². The Hall–Kier alpha value is -0.910. The third kappa shape index (κ3) is 5.09. The van der Waals surface area contributed by atoms with Crippen LogP contribution < -0.4 is 10.6 Å². The summed E-state index contributed by atoms with van der Waals surface area (Å²) in [7, 11) is 0. The van der Waals surface area contributed by atoms with Crippen molar-refractivity contribution in [2.75, 3.05) is 25.0 Å². The Morgan fingerprint density at radius 3 is 2.76 bits per heavy atom. The van der Waals surface area contributed by atoms with E-state index in [9.17, 15) is 4.39 Å². The minimum absolute atomic E-state index is 0.0875. The Labute approximate surface area is 135 Å². The van der Waals surface area contributed by atoms with Crippen molar-refractivity contribution in [2.45, 2.75) is 32.2 Å². The number of likely N-dealkylation sites (tertiary alicyclic amines) is 1. The second-order valence-electron chi connectivity index (χ2n) is 5.41. The second-order valence-corrected chi connectivity index (χ2v) is 6.23. The summed E-state index contributed by atoms with van der Waals surface area (Å²) in [4.78, 5) is 2.48. The van der Waals surface area contributed by atoms with Crippen LogP contribution in [0.4, 0.5) is 10.1 Å². The number of nitrogens with one attached hydrogen (secondary N) is 2. The minimum Gasteiger partial charge on any atom is -0.361 e. The third-order valence-electron chi connectivity index (χ3n) is 3.75. The van der Waals surface area contributed by atoms with Crippen LogP contribution >= 0.6 is 23.8 Å². The largest absolute Gasteiger partial charge is 0.361 e. The molecule has 1 aliphatic heterocycles. The van der Waals surface area contributed by atoms with Crippen molar-refractivity contribution < 1.29 is 4.39 Å². The number of rotatable bonds is 4. The summed E-state index contributed by atoms with van der Waals surface area (Å²) < 4.78 is 13.1. The Balaban J connectivity index is 1.77. The van der Waals surface area contributed by atoms with E-state index in [-0.39, 0.29) is 5.02 Å². The van der Waals surface area contributed by atoms with Gasteiger partial charge in [0, 0.05) is 18.3 Å². The van der Waals surface area contributed by atoms with E-state index in [1.54, 1.807) is 6.07 Å². The number of hydrogen-bond donors (Lipinski definition) is 2. The molecular weight excluding hydrogens is 309 g/mol. The molecule has 0 aromatic heterocycles. The highest BCUT2D eigenvalue weighted by atomic mass is 35.5. The van der Waals surface area contributed by atoms with E-state index < -0.39 is 5.82 Å². The Bertz CT molecular complexity index is 492. The lowest BCUT2D eigenvalue weighted by molar-refractivity contribution is 0.175. The van der Waals surface area contributed by atoms with Gasteiger partial charge in [0.15, 0.2) is 5.11 Å². The van der Waals surface area contributed by atoms with Gasteiger partial charge in [-0.3, -0.25) is 4.90 Å². The van der Waals surface area contributed by atoms with Crippen molar-refractivity contribution in [3.05, 3.63) is 29.0 Å². The van der Waals surface area contributed by atoms with Gasteiger partial charge in [0.05, 0.1) is 5.02 Å². The van der Waals surface area contributed by atoms with Crippen LogP contribution in [-0.4, -0.2) is 35.7 Å². The van der Waals surface area contributed by atoms with Crippen LogP contribution in [0.1, 0.15) is 26.2 Å². The number of benzene rings is 1. The fourth-order valence-corrected chi connectivity index (χ4v) is 2.86. The quantitative estimate of drug-likeness (QED) is 0.825. The average Bonchev–Trinajstić information content (AvgIpc) is 2.49. The lowest BCUT2D eigenvalue weighted by Crippen LogP contribution is -2.45. The highest BCUT2D eigenvalue weighted by Gasteiger charge is 2.16. The van der Waals surface area contributed by atoms with Gasteiger partial charge in [0.2, 0.25) is 0 Å². The molecule has 2 N–H and O–H groups in total. The van der Waals surface area contributed by atoms with Gasteiger partial charge >= 0.3 is 0 Å². The molecule has 6 heteroatoms. The van der Waals surface area contributed by atoms with Crippen LogP contribution in [-0.2, 0) is 0 Å². The monoisotopic (exact) mass is 329 g/mol. The number of halogens is 2. The van der Waals surface area contributed by atoms with Gasteiger partial charge in [0.1, 0.15) is 5.82 Å². The molecule has 0 bridgehead atoms. The van der Waals surface area contributed by atoms with Crippen LogP contribution in [0.5, 0.6) is 0 Å². The van der Waals surface area contributed by atoms with Gasteiger partial charge in [-0.25, -0.2) is 4.39 Å². The molecule has 1 aromatic rings. The molecule has 0 saturated carbocycles. The maximum atomic E-state index is 13.1. The summed E-state index contributed by atoms with van der Waals surface area (Å²) in [5.74, 6) is -0.431. The van der Waals surface area contributed by atoms with E-state index >= 15 is 0 Å². The van der Waals surface area contributed by atoms with Gasteiger partial charge in [-0.2, -0.15) is 0 Å². The summed E-state index contributed by atoms with van der Waals surface area (Å²) in [6, 6.07) is 4.91. The minimum atomic E-state index is -0.431. The van der Waals surface area contributed by atoms with Crippen LogP contribution in [0, 0.1) is 5.82 Å². The summed E-state index contributed by atoms with van der Waals surface area (Å²) >= 11 is 11.0. The molecule has 3 nitrogen and oxygen atoms in total.